The molecule has 0 aliphatic heterocycles. The molecule has 286 valence electrons. The molecule has 49 heavy (non-hydrogen) atoms. The third kappa shape index (κ3) is 35.8. The number of thioether (sulfide) groups is 1. The van der Waals surface area contributed by atoms with Crippen LogP contribution < -0.4 is 0 Å². The van der Waals surface area contributed by atoms with Gasteiger partial charge in [0, 0.05) is 38.2 Å². The van der Waals surface area contributed by atoms with Crippen LogP contribution in [-0.4, -0.2) is 79.7 Å². The Morgan fingerprint density at radius 2 is 0.898 bits per heavy atom. The summed E-state index contributed by atoms with van der Waals surface area (Å²) >= 11 is 1.29. The van der Waals surface area contributed by atoms with Crippen LogP contribution in [-0.2, 0) is 19.1 Å². The highest BCUT2D eigenvalue weighted by molar-refractivity contribution is 8.13. The largest absolute Gasteiger partial charge is 0.461 e. The molecule has 0 atom stereocenters. The van der Waals surface area contributed by atoms with Crippen molar-refractivity contribution in [3.63, 3.8) is 0 Å². The summed E-state index contributed by atoms with van der Waals surface area (Å²) in [6, 6.07) is 0. The molecular formula is C41H76N2O5S. The van der Waals surface area contributed by atoms with E-state index in [4.69, 9.17) is 9.47 Å². The quantitative estimate of drug-likeness (QED) is 0.0368. The summed E-state index contributed by atoms with van der Waals surface area (Å²) in [6.45, 7) is 6.85. The highest BCUT2D eigenvalue weighted by Crippen LogP contribution is 2.14. The van der Waals surface area contributed by atoms with Crippen LogP contribution in [0.15, 0.2) is 24.3 Å². The first kappa shape index (κ1) is 47.2. The maximum atomic E-state index is 12.9. The van der Waals surface area contributed by atoms with Gasteiger partial charge in [0.2, 0.25) is 0 Å². The van der Waals surface area contributed by atoms with Crippen LogP contribution in [0.4, 0.5) is 4.79 Å². The summed E-state index contributed by atoms with van der Waals surface area (Å²) in [5.74, 6) is 0.216. The molecule has 0 unspecified atom stereocenters. The molecule has 0 bridgehead atoms. The molecule has 0 fully saturated rings. The van der Waals surface area contributed by atoms with Gasteiger partial charge in [-0.1, -0.05) is 153 Å². The minimum absolute atomic E-state index is 0.0116. The van der Waals surface area contributed by atoms with E-state index >= 15 is 0 Å². The lowest BCUT2D eigenvalue weighted by atomic mass is 10.1. The number of unbranched alkanes of at least 4 members (excludes halogenated alkanes) is 18. The molecule has 0 aliphatic carbocycles. The molecule has 1 amide bonds. The smallest absolute Gasteiger partial charge is 0.306 e. The number of hydrogen-bond donors (Lipinski definition) is 0. The van der Waals surface area contributed by atoms with Crippen molar-refractivity contribution < 1.29 is 23.9 Å². The SMILES string of the molecule is CCCCCCCCCCC/C=C\COC(=O)CCCN(CCCC(=O)OC/C=C\CCCCCCCCCCC)C(=O)SCCN(C)C. The zero-order valence-electron chi connectivity index (χ0n) is 32.4. The molecule has 0 saturated heterocycles. The predicted molar refractivity (Wildman–Crippen MR) is 210 cm³/mol. The zero-order valence-corrected chi connectivity index (χ0v) is 33.2. The molecule has 0 aromatic carbocycles. The number of allylic oxidation sites excluding steroid dienone is 2. The number of carbonyl (C=O) groups is 3. The third-order valence-corrected chi connectivity index (χ3v) is 9.50. The summed E-state index contributed by atoms with van der Waals surface area (Å²) in [6.07, 6.45) is 35.5. The van der Waals surface area contributed by atoms with Crippen LogP contribution in [0, 0.1) is 0 Å². The van der Waals surface area contributed by atoms with Gasteiger partial charge in [0.15, 0.2) is 0 Å². The standard InChI is InChI=1S/C41H76N2O5S/c1-5-7-9-11-13-15-17-19-21-23-25-27-36-47-39(44)31-29-33-43(41(46)49-38-35-42(3)4)34-30-32-40(45)48-37-28-26-24-22-20-18-16-14-12-10-8-6-2/h25-28H,5-24,29-38H2,1-4H3/b27-25-,28-26-. The van der Waals surface area contributed by atoms with Gasteiger partial charge < -0.3 is 19.3 Å². The minimum Gasteiger partial charge on any atom is -0.461 e. The lowest BCUT2D eigenvalue weighted by molar-refractivity contribution is -0.143. The highest BCUT2D eigenvalue weighted by Gasteiger charge is 2.16. The topological polar surface area (TPSA) is 76.1 Å². The molecule has 0 N–H and O–H groups in total. The molecular weight excluding hydrogens is 633 g/mol. The summed E-state index contributed by atoms with van der Waals surface area (Å²) in [7, 11) is 3.97. The molecule has 0 rings (SSSR count). The molecule has 0 heterocycles. The second kappa shape index (κ2) is 37.5. The van der Waals surface area contributed by atoms with E-state index in [9.17, 15) is 14.4 Å². The van der Waals surface area contributed by atoms with Gasteiger partial charge in [0.25, 0.3) is 5.24 Å². The number of nitrogens with zero attached hydrogens (tertiary/aromatic N) is 2. The Labute approximate surface area is 306 Å². The number of rotatable bonds is 35. The van der Waals surface area contributed by atoms with E-state index in [0.717, 1.165) is 19.4 Å². The Kier molecular flexibility index (Phi) is 36.1. The maximum Gasteiger partial charge on any atom is 0.306 e. The lowest BCUT2D eigenvalue weighted by Crippen LogP contribution is -2.31. The van der Waals surface area contributed by atoms with E-state index in [-0.39, 0.29) is 30.0 Å². The molecule has 0 radical (unpaired) electrons. The van der Waals surface area contributed by atoms with Gasteiger partial charge in [-0.05, 0) is 52.6 Å². The van der Waals surface area contributed by atoms with E-state index in [1.54, 1.807) is 4.90 Å². The normalized spacial score (nSPS) is 11.6. The van der Waals surface area contributed by atoms with Crippen LogP contribution in [0.2, 0.25) is 0 Å². The van der Waals surface area contributed by atoms with Crippen molar-refractivity contribution in [3.8, 4) is 0 Å². The first-order chi connectivity index (χ1) is 23.9. The van der Waals surface area contributed by atoms with Crippen molar-refractivity contribution in [2.45, 2.75) is 168 Å². The Bertz CT molecular complexity index is 779. The van der Waals surface area contributed by atoms with Gasteiger partial charge in [0.1, 0.15) is 13.2 Å². The Morgan fingerprint density at radius 1 is 0.510 bits per heavy atom. The number of amides is 1. The van der Waals surface area contributed by atoms with Gasteiger partial charge in [-0.3, -0.25) is 14.4 Å². The van der Waals surface area contributed by atoms with Crippen molar-refractivity contribution >= 4 is 28.9 Å². The zero-order chi connectivity index (χ0) is 36.0. The predicted octanol–water partition coefficient (Wildman–Crippen LogP) is 11.3. The number of hydrogen-bond acceptors (Lipinski definition) is 7. The first-order valence-electron chi connectivity index (χ1n) is 20.1. The second-order valence-electron chi connectivity index (χ2n) is 13.7. The van der Waals surface area contributed by atoms with E-state index in [0.29, 0.717) is 44.9 Å². The second-order valence-corrected chi connectivity index (χ2v) is 14.7. The Balaban J connectivity index is 4.16. The molecule has 0 aromatic heterocycles. The van der Waals surface area contributed by atoms with Crippen molar-refractivity contribution in [1.82, 2.24) is 9.80 Å². The van der Waals surface area contributed by atoms with Gasteiger partial charge in [-0.25, -0.2) is 0 Å². The van der Waals surface area contributed by atoms with Gasteiger partial charge in [-0.15, -0.1) is 0 Å². The average molecular weight is 709 g/mol. The van der Waals surface area contributed by atoms with Gasteiger partial charge in [0.05, 0.1) is 0 Å². The monoisotopic (exact) mass is 709 g/mol. The summed E-state index contributed by atoms with van der Waals surface area (Å²) in [5, 5.41) is -0.0116. The fraction of sp³-hybridized carbons (Fsp3) is 0.829. The van der Waals surface area contributed by atoms with E-state index in [1.165, 1.54) is 127 Å². The summed E-state index contributed by atoms with van der Waals surface area (Å²) < 4.78 is 10.7. The first-order valence-corrected chi connectivity index (χ1v) is 21.1. The molecule has 7 nitrogen and oxygen atoms in total. The van der Waals surface area contributed by atoms with Gasteiger partial charge >= 0.3 is 11.9 Å². The fourth-order valence-corrected chi connectivity index (χ4v) is 6.47. The summed E-state index contributed by atoms with van der Waals surface area (Å²) in [4.78, 5) is 41.3. The van der Waals surface area contributed by atoms with E-state index < -0.39 is 0 Å². The lowest BCUT2D eigenvalue weighted by Gasteiger charge is -2.22. The molecule has 8 heteroatoms. The van der Waals surface area contributed by atoms with Gasteiger partial charge in [-0.2, -0.15) is 0 Å². The Hall–Kier alpha value is -1.80. The summed E-state index contributed by atoms with van der Waals surface area (Å²) in [5.41, 5.74) is 0. The van der Waals surface area contributed by atoms with Crippen LogP contribution in [0.1, 0.15) is 168 Å². The number of ether oxygens (including phenoxy) is 2. The van der Waals surface area contributed by atoms with Crippen LogP contribution in [0.3, 0.4) is 0 Å². The van der Waals surface area contributed by atoms with Crippen molar-refractivity contribution in [1.29, 1.82) is 0 Å². The number of esters is 2. The van der Waals surface area contributed by atoms with Crippen LogP contribution in [0.25, 0.3) is 0 Å². The van der Waals surface area contributed by atoms with Crippen molar-refractivity contribution in [2.75, 3.05) is 52.7 Å². The molecule has 0 saturated carbocycles. The highest BCUT2D eigenvalue weighted by atomic mass is 32.2. The van der Waals surface area contributed by atoms with Crippen molar-refractivity contribution in [2.24, 2.45) is 0 Å². The van der Waals surface area contributed by atoms with E-state index in [1.807, 2.05) is 31.1 Å². The van der Waals surface area contributed by atoms with E-state index in [2.05, 4.69) is 26.0 Å². The molecule has 0 spiro atoms. The average Bonchev–Trinajstić information content (AvgIpc) is 3.08. The van der Waals surface area contributed by atoms with Crippen LogP contribution >= 0.6 is 11.8 Å². The Morgan fingerprint density at radius 3 is 1.29 bits per heavy atom. The maximum absolute atomic E-state index is 12.9. The molecule has 0 aliphatic rings. The fourth-order valence-electron chi connectivity index (χ4n) is 5.47. The number of carbonyl (C=O) groups excluding carboxylic acids is 3. The van der Waals surface area contributed by atoms with Crippen molar-refractivity contribution in [3.05, 3.63) is 24.3 Å². The minimum atomic E-state index is -0.241. The third-order valence-electron chi connectivity index (χ3n) is 8.60. The molecule has 0 aromatic rings. The van der Waals surface area contributed by atoms with Crippen LogP contribution in [0.5, 0.6) is 0 Å².